The SMILES string of the molecule is C[C@@H]1ON(Cc2ccccc2)[C@@H]2[C@H]1C(=O)OC[C@]2(F)Cc1ccccc1. The molecule has 2 fully saturated rings. The van der Waals surface area contributed by atoms with Crippen LogP contribution in [0, 0.1) is 5.92 Å². The number of halogens is 1. The van der Waals surface area contributed by atoms with E-state index in [2.05, 4.69) is 0 Å². The molecule has 2 saturated heterocycles. The molecule has 136 valence electrons. The van der Waals surface area contributed by atoms with E-state index in [-0.39, 0.29) is 19.0 Å². The fraction of sp³-hybridized carbons (Fsp3) is 0.381. The highest BCUT2D eigenvalue weighted by Gasteiger charge is 2.60. The number of alkyl halides is 1. The van der Waals surface area contributed by atoms with Crippen molar-refractivity contribution in [1.82, 2.24) is 5.06 Å². The van der Waals surface area contributed by atoms with Crippen molar-refractivity contribution in [3.05, 3.63) is 71.8 Å². The van der Waals surface area contributed by atoms with Crippen LogP contribution >= 0.6 is 0 Å². The van der Waals surface area contributed by atoms with Crippen LogP contribution in [-0.2, 0) is 27.3 Å². The average Bonchev–Trinajstić information content (AvgIpc) is 2.98. The summed E-state index contributed by atoms with van der Waals surface area (Å²) in [6.07, 6.45) is -0.230. The Morgan fingerprint density at radius 1 is 1.08 bits per heavy atom. The Kier molecular flexibility index (Phi) is 4.51. The van der Waals surface area contributed by atoms with Crippen LogP contribution in [0.3, 0.4) is 0 Å². The van der Waals surface area contributed by atoms with Crippen LogP contribution in [0.2, 0.25) is 0 Å². The molecule has 4 atom stereocenters. The third kappa shape index (κ3) is 3.13. The predicted octanol–water partition coefficient (Wildman–Crippen LogP) is 3.31. The van der Waals surface area contributed by atoms with E-state index in [1.165, 1.54) is 0 Å². The zero-order chi connectivity index (χ0) is 18.1. The first-order valence-electron chi connectivity index (χ1n) is 8.94. The molecule has 2 heterocycles. The number of nitrogens with zero attached hydrogens (tertiary/aromatic N) is 1. The topological polar surface area (TPSA) is 38.8 Å². The molecule has 4 rings (SSSR count). The summed E-state index contributed by atoms with van der Waals surface area (Å²) in [5.74, 6) is -0.999. The number of ether oxygens (including phenoxy) is 1. The van der Waals surface area contributed by atoms with Gasteiger partial charge in [0.1, 0.15) is 12.5 Å². The minimum Gasteiger partial charge on any atom is -0.462 e. The Morgan fingerprint density at radius 2 is 1.69 bits per heavy atom. The molecule has 0 saturated carbocycles. The molecule has 0 aromatic heterocycles. The molecule has 5 heteroatoms. The second kappa shape index (κ2) is 6.82. The van der Waals surface area contributed by atoms with E-state index in [1.54, 1.807) is 12.0 Å². The lowest BCUT2D eigenvalue weighted by molar-refractivity contribution is -0.198. The van der Waals surface area contributed by atoms with Gasteiger partial charge in [0.15, 0.2) is 5.67 Å². The summed E-state index contributed by atoms with van der Waals surface area (Å²) < 4.78 is 21.3. The standard InChI is InChI=1S/C21H22FNO3/c1-15-18-19(23(26-15)13-17-10-6-3-7-11-17)21(22,14-25-20(18)24)12-16-8-4-2-5-9-16/h2-11,15,18-19H,12-14H2,1H3/t15-,18-,19+,21+/m0/s1. The first kappa shape index (κ1) is 17.2. The van der Waals surface area contributed by atoms with Crippen LogP contribution in [0.25, 0.3) is 0 Å². The van der Waals surface area contributed by atoms with Gasteiger partial charge >= 0.3 is 5.97 Å². The Morgan fingerprint density at radius 3 is 2.35 bits per heavy atom. The lowest BCUT2D eigenvalue weighted by Gasteiger charge is -2.40. The van der Waals surface area contributed by atoms with Gasteiger partial charge in [-0.2, -0.15) is 5.06 Å². The Balaban J connectivity index is 1.65. The Labute approximate surface area is 152 Å². The van der Waals surface area contributed by atoms with Crippen LogP contribution in [0.1, 0.15) is 18.1 Å². The van der Waals surface area contributed by atoms with Gasteiger partial charge in [0.05, 0.1) is 12.1 Å². The van der Waals surface area contributed by atoms with Crippen LogP contribution in [0.4, 0.5) is 4.39 Å². The second-order valence-electron chi connectivity index (χ2n) is 7.15. The third-order valence-electron chi connectivity index (χ3n) is 5.24. The number of hydrogen-bond acceptors (Lipinski definition) is 4. The van der Waals surface area contributed by atoms with Crippen molar-refractivity contribution in [2.45, 2.75) is 37.7 Å². The van der Waals surface area contributed by atoms with E-state index in [0.717, 1.165) is 11.1 Å². The van der Waals surface area contributed by atoms with Gasteiger partial charge in [-0.15, -0.1) is 0 Å². The van der Waals surface area contributed by atoms with Gasteiger partial charge < -0.3 is 4.74 Å². The normalized spacial score (nSPS) is 31.5. The average molecular weight is 355 g/mol. The predicted molar refractivity (Wildman–Crippen MR) is 94.8 cm³/mol. The van der Waals surface area contributed by atoms with Crippen LogP contribution in [0.15, 0.2) is 60.7 Å². The zero-order valence-corrected chi connectivity index (χ0v) is 14.7. The molecular weight excluding hydrogens is 333 g/mol. The van der Waals surface area contributed by atoms with E-state index < -0.39 is 23.7 Å². The number of rotatable bonds is 4. The molecule has 0 unspecified atom stereocenters. The molecule has 0 bridgehead atoms. The number of esters is 1. The van der Waals surface area contributed by atoms with Gasteiger partial charge in [-0.1, -0.05) is 60.7 Å². The summed E-state index contributed by atoms with van der Waals surface area (Å²) in [4.78, 5) is 18.2. The van der Waals surface area contributed by atoms with E-state index >= 15 is 4.39 Å². The molecule has 0 amide bonds. The summed E-state index contributed by atoms with van der Waals surface area (Å²) in [6, 6.07) is 18.6. The van der Waals surface area contributed by atoms with Crippen LogP contribution in [0.5, 0.6) is 0 Å². The lowest BCUT2D eigenvalue weighted by atomic mass is 9.78. The van der Waals surface area contributed by atoms with E-state index in [1.807, 2.05) is 60.7 Å². The highest BCUT2D eigenvalue weighted by atomic mass is 19.1. The lowest BCUT2D eigenvalue weighted by Crippen LogP contribution is -2.59. The maximum atomic E-state index is 16.1. The van der Waals surface area contributed by atoms with Gasteiger partial charge in [0.2, 0.25) is 0 Å². The molecule has 0 spiro atoms. The second-order valence-corrected chi connectivity index (χ2v) is 7.15. The van der Waals surface area contributed by atoms with Crippen LogP contribution < -0.4 is 0 Å². The highest BCUT2D eigenvalue weighted by molar-refractivity contribution is 5.75. The van der Waals surface area contributed by atoms with Crippen molar-refractivity contribution in [3.63, 3.8) is 0 Å². The Hall–Kier alpha value is -2.24. The molecule has 2 aromatic carbocycles. The minimum absolute atomic E-state index is 0.184. The quantitative estimate of drug-likeness (QED) is 0.789. The molecule has 0 radical (unpaired) electrons. The van der Waals surface area contributed by atoms with Gasteiger partial charge in [-0.25, -0.2) is 4.39 Å². The van der Waals surface area contributed by atoms with Gasteiger partial charge in [0.25, 0.3) is 0 Å². The maximum absolute atomic E-state index is 16.1. The largest absolute Gasteiger partial charge is 0.462 e. The number of carbonyl (C=O) groups is 1. The smallest absolute Gasteiger partial charge is 0.313 e. The van der Waals surface area contributed by atoms with E-state index in [0.29, 0.717) is 6.54 Å². The summed E-state index contributed by atoms with van der Waals surface area (Å²) in [5.41, 5.74) is 0.201. The molecule has 4 nitrogen and oxygen atoms in total. The fourth-order valence-corrected chi connectivity index (χ4v) is 4.04. The Bertz CT molecular complexity index is 769. The van der Waals surface area contributed by atoms with Gasteiger partial charge in [0, 0.05) is 13.0 Å². The summed E-state index contributed by atoms with van der Waals surface area (Å²) >= 11 is 0. The van der Waals surface area contributed by atoms with E-state index in [4.69, 9.17) is 9.57 Å². The summed E-state index contributed by atoms with van der Waals surface area (Å²) in [7, 11) is 0. The highest BCUT2D eigenvalue weighted by Crippen LogP contribution is 2.43. The van der Waals surface area contributed by atoms with Crippen molar-refractivity contribution in [1.29, 1.82) is 0 Å². The number of cyclic esters (lactones) is 1. The first-order chi connectivity index (χ1) is 12.6. The van der Waals surface area contributed by atoms with Gasteiger partial charge in [-0.3, -0.25) is 9.63 Å². The van der Waals surface area contributed by atoms with Crippen molar-refractivity contribution < 1.29 is 18.8 Å². The van der Waals surface area contributed by atoms with Crippen LogP contribution in [-0.4, -0.2) is 35.5 Å². The first-order valence-corrected chi connectivity index (χ1v) is 8.94. The molecule has 0 aliphatic carbocycles. The molecular formula is C21H22FNO3. The number of benzene rings is 2. The number of fused-ring (bicyclic) bond motifs is 1. The molecule has 2 aliphatic heterocycles. The number of carbonyl (C=O) groups excluding carboxylic acids is 1. The number of hydroxylamine groups is 2. The van der Waals surface area contributed by atoms with Crippen molar-refractivity contribution in [2.24, 2.45) is 5.92 Å². The summed E-state index contributed by atoms with van der Waals surface area (Å²) in [6.45, 7) is 1.99. The maximum Gasteiger partial charge on any atom is 0.313 e. The van der Waals surface area contributed by atoms with E-state index in [9.17, 15) is 4.79 Å². The summed E-state index contributed by atoms with van der Waals surface area (Å²) in [5, 5.41) is 1.65. The monoisotopic (exact) mass is 355 g/mol. The van der Waals surface area contributed by atoms with Crippen molar-refractivity contribution in [3.8, 4) is 0 Å². The van der Waals surface area contributed by atoms with Gasteiger partial charge in [-0.05, 0) is 18.1 Å². The zero-order valence-electron chi connectivity index (χ0n) is 14.7. The number of hydrogen-bond donors (Lipinski definition) is 0. The molecule has 0 N–H and O–H groups in total. The molecule has 2 aliphatic rings. The van der Waals surface area contributed by atoms with Crippen molar-refractivity contribution >= 4 is 5.97 Å². The molecule has 2 aromatic rings. The minimum atomic E-state index is -1.69. The fourth-order valence-electron chi connectivity index (χ4n) is 4.04. The molecule has 26 heavy (non-hydrogen) atoms. The third-order valence-corrected chi connectivity index (χ3v) is 5.24. The van der Waals surface area contributed by atoms with Crippen molar-refractivity contribution in [2.75, 3.05) is 6.61 Å².